The van der Waals surface area contributed by atoms with Gasteiger partial charge in [-0.3, -0.25) is 4.79 Å². The Bertz CT molecular complexity index is 409. The molecule has 0 bridgehead atoms. The fraction of sp³-hybridized carbons (Fsp3) is 0.600. The van der Waals surface area contributed by atoms with Crippen LogP contribution in [-0.2, 0) is 0 Å². The Morgan fingerprint density at radius 1 is 1.39 bits per heavy atom. The summed E-state index contributed by atoms with van der Waals surface area (Å²) in [7, 11) is 1.59. The zero-order chi connectivity index (χ0) is 13.0. The molecule has 1 saturated carbocycles. The largest absolute Gasteiger partial charge is 0.494 e. The molecule has 0 radical (unpaired) electrons. The van der Waals surface area contributed by atoms with Crippen LogP contribution >= 0.6 is 0 Å². The molecule has 0 aliphatic heterocycles. The predicted molar refractivity (Wildman–Crippen MR) is 70.9 cm³/mol. The Hall–Kier alpha value is -1.38. The van der Waals surface area contributed by atoms with Crippen LogP contribution in [0, 0.1) is 11.8 Å². The summed E-state index contributed by atoms with van der Waals surface area (Å²) in [5, 5.41) is 0. The van der Waals surface area contributed by atoms with Crippen LogP contribution in [0.5, 0.6) is 5.75 Å². The second kappa shape index (κ2) is 5.98. The van der Waals surface area contributed by atoms with Gasteiger partial charge >= 0.3 is 0 Å². The number of carbonyl (C=O) groups excluding carboxylic acids is 1. The molecular weight excluding hydrogens is 226 g/mol. The van der Waals surface area contributed by atoms with Crippen LogP contribution in [0.1, 0.15) is 49.5 Å². The third-order valence-corrected chi connectivity index (χ3v) is 4.02. The number of methoxy groups -OCH3 is 1. The highest BCUT2D eigenvalue weighted by molar-refractivity contribution is 5.98. The fourth-order valence-corrected chi connectivity index (χ4v) is 2.77. The number of aromatic nitrogens is 1. The molecule has 1 fully saturated rings. The molecule has 3 heteroatoms. The zero-order valence-corrected chi connectivity index (χ0v) is 11.2. The number of hydrogen-bond donors (Lipinski definition) is 0. The van der Waals surface area contributed by atoms with Gasteiger partial charge in [0.2, 0.25) is 0 Å². The highest BCUT2D eigenvalue weighted by Crippen LogP contribution is 2.33. The van der Waals surface area contributed by atoms with Gasteiger partial charge in [-0.1, -0.05) is 13.3 Å². The number of carbonyl (C=O) groups is 1. The molecule has 18 heavy (non-hydrogen) atoms. The quantitative estimate of drug-likeness (QED) is 0.764. The number of rotatable bonds is 4. The van der Waals surface area contributed by atoms with Crippen molar-refractivity contribution in [3.8, 4) is 5.75 Å². The Kier molecular flexibility index (Phi) is 4.34. The molecule has 1 aromatic rings. The monoisotopic (exact) mass is 247 g/mol. The van der Waals surface area contributed by atoms with Gasteiger partial charge in [0.1, 0.15) is 11.4 Å². The lowest BCUT2D eigenvalue weighted by molar-refractivity contribution is 0.0862. The van der Waals surface area contributed by atoms with Gasteiger partial charge in [-0.15, -0.1) is 0 Å². The summed E-state index contributed by atoms with van der Waals surface area (Å²) < 4.78 is 5.22. The first kappa shape index (κ1) is 13.1. The second-order valence-electron chi connectivity index (χ2n) is 5.04. The van der Waals surface area contributed by atoms with E-state index in [0.717, 1.165) is 18.8 Å². The standard InChI is InChI=1S/C15H21NO2/c1-3-11-6-8-12(9-7-11)15(17)14-13(18-2)5-4-10-16-14/h4-5,10-12H,3,6-9H2,1-2H3. The maximum Gasteiger partial charge on any atom is 0.188 e. The van der Waals surface area contributed by atoms with Gasteiger partial charge < -0.3 is 4.74 Å². The first-order valence-corrected chi connectivity index (χ1v) is 6.79. The van der Waals surface area contributed by atoms with E-state index in [0.29, 0.717) is 11.4 Å². The lowest BCUT2D eigenvalue weighted by atomic mass is 9.78. The van der Waals surface area contributed by atoms with Crippen LogP contribution in [0.25, 0.3) is 0 Å². The Balaban J connectivity index is 2.08. The molecule has 3 nitrogen and oxygen atoms in total. The van der Waals surface area contributed by atoms with E-state index >= 15 is 0 Å². The zero-order valence-electron chi connectivity index (χ0n) is 11.2. The topological polar surface area (TPSA) is 39.2 Å². The van der Waals surface area contributed by atoms with Crippen LogP contribution in [0.2, 0.25) is 0 Å². The van der Waals surface area contributed by atoms with E-state index in [2.05, 4.69) is 11.9 Å². The Labute approximate surface area is 109 Å². The molecule has 1 heterocycles. The van der Waals surface area contributed by atoms with Gasteiger partial charge in [-0.25, -0.2) is 4.98 Å². The van der Waals surface area contributed by atoms with Crippen molar-refractivity contribution in [2.45, 2.75) is 39.0 Å². The Morgan fingerprint density at radius 2 is 2.11 bits per heavy atom. The van der Waals surface area contributed by atoms with E-state index in [1.54, 1.807) is 25.4 Å². The average molecular weight is 247 g/mol. The first-order valence-electron chi connectivity index (χ1n) is 6.79. The van der Waals surface area contributed by atoms with Gasteiger partial charge in [-0.05, 0) is 43.7 Å². The molecule has 0 aromatic carbocycles. The van der Waals surface area contributed by atoms with E-state index in [9.17, 15) is 4.79 Å². The number of hydrogen-bond acceptors (Lipinski definition) is 3. The first-order chi connectivity index (χ1) is 8.76. The summed E-state index contributed by atoms with van der Waals surface area (Å²) in [5.74, 6) is 1.69. The van der Waals surface area contributed by atoms with Crippen molar-refractivity contribution in [3.05, 3.63) is 24.0 Å². The SMILES string of the molecule is CCC1CCC(C(=O)c2ncccc2OC)CC1. The van der Waals surface area contributed by atoms with E-state index in [4.69, 9.17) is 4.74 Å². The molecule has 1 aromatic heterocycles. The summed E-state index contributed by atoms with van der Waals surface area (Å²) in [4.78, 5) is 16.6. The summed E-state index contributed by atoms with van der Waals surface area (Å²) in [6, 6.07) is 3.60. The molecule has 0 N–H and O–H groups in total. The maximum atomic E-state index is 12.4. The van der Waals surface area contributed by atoms with Crippen LogP contribution < -0.4 is 4.74 Å². The third-order valence-electron chi connectivity index (χ3n) is 4.02. The lowest BCUT2D eigenvalue weighted by Gasteiger charge is -2.26. The summed E-state index contributed by atoms with van der Waals surface area (Å²) >= 11 is 0. The average Bonchev–Trinajstić information content (AvgIpc) is 2.46. The molecule has 2 rings (SSSR count). The predicted octanol–water partition coefficient (Wildman–Crippen LogP) is 3.49. The highest BCUT2D eigenvalue weighted by Gasteiger charge is 2.28. The molecule has 98 valence electrons. The molecule has 0 spiro atoms. The van der Waals surface area contributed by atoms with Crippen molar-refractivity contribution < 1.29 is 9.53 Å². The van der Waals surface area contributed by atoms with Gasteiger partial charge in [0, 0.05) is 12.1 Å². The van der Waals surface area contributed by atoms with Gasteiger partial charge in [-0.2, -0.15) is 0 Å². The van der Waals surface area contributed by atoms with Gasteiger partial charge in [0.05, 0.1) is 7.11 Å². The summed E-state index contributed by atoms with van der Waals surface area (Å²) in [5.41, 5.74) is 0.500. The van der Waals surface area contributed by atoms with Crippen molar-refractivity contribution in [2.24, 2.45) is 11.8 Å². The van der Waals surface area contributed by atoms with Crippen molar-refractivity contribution in [2.75, 3.05) is 7.11 Å². The number of ketones is 1. The minimum Gasteiger partial charge on any atom is -0.494 e. The number of nitrogens with zero attached hydrogens (tertiary/aromatic N) is 1. The molecule has 1 aliphatic rings. The maximum absolute atomic E-state index is 12.4. The van der Waals surface area contributed by atoms with E-state index in [1.807, 2.05) is 0 Å². The minimum atomic E-state index is 0.136. The molecule has 0 amide bonds. The van der Waals surface area contributed by atoms with Crippen molar-refractivity contribution in [3.63, 3.8) is 0 Å². The van der Waals surface area contributed by atoms with Gasteiger partial charge in [0.25, 0.3) is 0 Å². The summed E-state index contributed by atoms with van der Waals surface area (Å²) in [6.45, 7) is 2.23. The van der Waals surface area contributed by atoms with Crippen molar-refractivity contribution in [1.82, 2.24) is 4.98 Å². The molecule has 0 unspecified atom stereocenters. The third kappa shape index (κ3) is 2.71. The molecule has 0 atom stereocenters. The van der Waals surface area contributed by atoms with E-state index < -0.39 is 0 Å². The number of ether oxygens (including phenoxy) is 1. The van der Waals surface area contributed by atoms with Crippen molar-refractivity contribution in [1.29, 1.82) is 0 Å². The number of pyridine rings is 1. The normalized spacial score (nSPS) is 23.7. The second-order valence-corrected chi connectivity index (χ2v) is 5.04. The van der Waals surface area contributed by atoms with Crippen LogP contribution in [0.3, 0.4) is 0 Å². The lowest BCUT2D eigenvalue weighted by Crippen LogP contribution is -2.23. The minimum absolute atomic E-state index is 0.136. The van der Waals surface area contributed by atoms with Crippen LogP contribution in [-0.4, -0.2) is 17.9 Å². The number of Topliss-reactive ketones (excluding diaryl/α,β-unsaturated/α-hetero) is 1. The molecule has 1 aliphatic carbocycles. The van der Waals surface area contributed by atoms with Gasteiger partial charge in [0.15, 0.2) is 5.78 Å². The molecular formula is C15H21NO2. The smallest absolute Gasteiger partial charge is 0.188 e. The summed E-state index contributed by atoms with van der Waals surface area (Å²) in [6.07, 6.45) is 7.22. The van der Waals surface area contributed by atoms with Crippen molar-refractivity contribution >= 4 is 5.78 Å². The van der Waals surface area contributed by atoms with Crippen LogP contribution in [0.4, 0.5) is 0 Å². The highest BCUT2D eigenvalue weighted by atomic mass is 16.5. The van der Waals surface area contributed by atoms with E-state index in [1.165, 1.54) is 19.3 Å². The Morgan fingerprint density at radius 3 is 2.72 bits per heavy atom. The van der Waals surface area contributed by atoms with E-state index in [-0.39, 0.29) is 11.7 Å². The molecule has 0 saturated heterocycles. The van der Waals surface area contributed by atoms with Crippen LogP contribution in [0.15, 0.2) is 18.3 Å². The fourth-order valence-electron chi connectivity index (χ4n) is 2.77.